The number of fused-ring (bicyclic) bond motifs is 2. The molecular formula is C36H58O9. The van der Waals surface area contributed by atoms with Crippen molar-refractivity contribution in [1.82, 2.24) is 0 Å². The zero-order valence-electron chi connectivity index (χ0n) is 28.2. The number of ether oxygens (including phenoxy) is 3. The van der Waals surface area contributed by atoms with E-state index in [0.717, 1.165) is 38.5 Å². The van der Waals surface area contributed by atoms with Crippen LogP contribution in [0.5, 0.6) is 0 Å². The minimum absolute atomic E-state index is 0.00466. The third-order valence-corrected chi connectivity index (χ3v) is 14.3. The largest absolute Gasteiger partial charge is 0.394 e. The first-order valence-corrected chi connectivity index (χ1v) is 17.3. The second-order valence-corrected chi connectivity index (χ2v) is 17.1. The molecule has 6 aliphatic rings. The van der Waals surface area contributed by atoms with Crippen LogP contribution in [0.4, 0.5) is 0 Å². The molecule has 9 heteroatoms. The topological polar surface area (TPSA) is 149 Å². The van der Waals surface area contributed by atoms with E-state index in [1.54, 1.807) is 0 Å². The lowest BCUT2D eigenvalue weighted by atomic mass is 9.38. The van der Waals surface area contributed by atoms with Crippen LogP contribution in [-0.2, 0) is 14.2 Å². The van der Waals surface area contributed by atoms with Crippen LogP contribution in [0, 0.1) is 45.3 Å². The van der Waals surface area contributed by atoms with E-state index in [1.165, 1.54) is 0 Å². The molecule has 6 N–H and O–H groups in total. The summed E-state index contributed by atoms with van der Waals surface area (Å²) < 4.78 is 18.9. The van der Waals surface area contributed by atoms with Gasteiger partial charge in [0.1, 0.15) is 30.0 Å². The molecular weight excluding hydrogens is 576 g/mol. The predicted molar refractivity (Wildman–Crippen MR) is 167 cm³/mol. The van der Waals surface area contributed by atoms with Crippen LogP contribution >= 0.6 is 0 Å². The molecule has 0 aromatic carbocycles. The summed E-state index contributed by atoms with van der Waals surface area (Å²) in [4.78, 5) is 0. The van der Waals surface area contributed by atoms with Crippen LogP contribution in [0.25, 0.3) is 0 Å². The Labute approximate surface area is 268 Å². The van der Waals surface area contributed by atoms with Crippen molar-refractivity contribution in [3.05, 3.63) is 24.3 Å². The highest BCUT2D eigenvalue weighted by molar-refractivity contribution is 5.34. The van der Waals surface area contributed by atoms with Crippen LogP contribution in [0.2, 0.25) is 0 Å². The fraction of sp³-hybridized carbons (Fsp3) is 0.889. The Morgan fingerprint density at radius 3 is 2.33 bits per heavy atom. The number of rotatable bonds is 7. The highest BCUT2D eigenvalue weighted by Crippen LogP contribution is 2.78. The van der Waals surface area contributed by atoms with Gasteiger partial charge in [-0.15, -0.1) is 0 Å². The third-order valence-electron chi connectivity index (χ3n) is 14.3. The van der Waals surface area contributed by atoms with Crippen molar-refractivity contribution in [2.75, 3.05) is 6.61 Å². The van der Waals surface area contributed by atoms with Crippen LogP contribution in [-0.4, -0.2) is 91.5 Å². The van der Waals surface area contributed by atoms with Gasteiger partial charge < -0.3 is 44.8 Å². The van der Waals surface area contributed by atoms with Crippen molar-refractivity contribution in [2.45, 2.75) is 148 Å². The van der Waals surface area contributed by atoms with Crippen LogP contribution in [0.1, 0.15) is 93.4 Å². The van der Waals surface area contributed by atoms with Crippen molar-refractivity contribution >= 4 is 0 Å². The number of hydrogen-bond donors (Lipinski definition) is 6. The first-order chi connectivity index (χ1) is 20.9. The Kier molecular flexibility index (Phi) is 8.37. The maximum absolute atomic E-state index is 12.0. The fourth-order valence-electron chi connectivity index (χ4n) is 11.5. The van der Waals surface area contributed by atoms with Gasteiger partial charge in [0, 0.05) is 16.7 Å². The molecule has 4 aliphatic carbocycles. The second-order valence-electron chi connectivity index (χ2n) is 17.1. The van der Waals surface area contributed by atoms with E-state index in [4.69, 9.17) is 14.2 Å². The van der Waals surface area contributed by atoms with Gasteiger partial charge in [0.25, 0.3) is 0 Å². The minimum Gasteiger partial charge on any atom is -0.394 e. The molecule has 9 nitrogen and oxygen atoms in total. The number of hydrogen-bond acceptors (Lipinski definition) is 9. The minimum atomic E-state index is -1.51. The van der Waals surface area contributed by atoms with E-state index in [9.17, 15) is 30.6 Å². The quantitative estimate of drug-likeness (QED) is 0.232. The molecule has 0 aromatic heterocycles. The molecule has 2 aliphatic heterocycles. The number of aliphatic hydroxyl groups excluding tert-OH is 5. The average molecular weight is 635 g/mol. The standard InChI is InChI=1S/C36H58O9/c1-20(9-8-14-31(2,3)42)21-12-15-34(7)23-13-16-36-24(35(23,30(41)45-36)18-17-33(21,34)6)10-11-25(32(36,4)5)44-29-28(40)27(39)26(38)22(19-37)43-29/h8,13-14,16,20-30,37-42H,9-12,15,17-19H2,1-7H3/b14-8+/t20-,21-,22-,23+,24+,25+,26-,27+,28-,29+,30-,33-,34+,35+,36-/m1/s1. The van der Waals surface area contributed by atoms with E-state index in [1.807, 2.05) is 19.9 Å². The molecule has 6 rings (SSSR count). The fourth-order valence-corrected chi connectivity index (χ4v) is 11.5. The van der Waals surface area contributed by atoms with Crippen molar-refractivity contribution in [3.63, 3.8) is 0 Å². The van der Waals surface area contributed by atoms with E-state index >= 15 is 0 Å². The summed E-state index contributed by atoms with van der Waals surface area (Å²) in [5.41, 5.74) is -2.52. The maximum atomic E-state index is 12.0. The molecule has 2 bridgehead atoms. The molecule has 0 radical (unpaired) electrons. The molecule has 5 fully saturated rings. The maximum Gasteiger partial charge on any atom is 0.186 e. The molecule has 0 amide bonds. The Morgan fingerprint density at radius 2 is 1.67 bits per heavy atom. The van der Waals surface area contributed by atoms with Crippen molar-refractivity contribution in [2.24, 2.45) is 45.3 Å². The van der Waals surface area contributed by atoms with Gasteiger partial charge in [0.15, 0.2) is 12.6 Å². The molecule has 256 valence electrons. The lowest BCUT2D eigenvalue weighted by molar-refractivity contribution is -0.330. The summed E-state index contributed by atoms with van der Waals surface area (Å²) in [5, 5.41) is 63.2. The third kappa shape index (κ3) is 4.66. The molecule has 1 spiro atoms. The number of aliphatic hydroxyl groups is 6. The summed E-state index contributed by atoms with van der Waals surface area (Å²) in [5.74, 6) is 1.29. The summed E-state index contributed by atoms with van der Waals surface area (Å²) in [7, 11) is 0. The van der Waals surface area contributed by atoms with Gasteiger partial charge >= 0.3 is 0 Å². The second kappa shape index (κ2) is 11.1. The highest BCUT2D eigenvalue weighted by Gasteiger charge is 2.78. The van der Waals surface area contributed by atoms with E-state index < -0.39 is 71.7 Å². The molecule has 45 heavy (non-hydrogen) atoms. The normalized spacial score (nSPS) is 52.8. The van der Waals surface area contributed by atoms with Gasteiger partial charge in [-0.25, -0.2) is 0 Å². The Morgan fingerprint density at radius 1 is 0.956 bits per heavy atom. The zero-order chi connectivity index (χ0) is 33.0. The summed E-state index contributed by atoms with van der Waals surface area (Å²) in [6, 6.07) is 0. The monoisotopic (exact) mass is 634 g/mol. The van der Waals surface area contributed by atoms with Crippen LogP contribution < -0.4 is 0 Å². The summed E-state index contributed by atoms with van der Waals surface area (Å²) >= 11 is 0. The predicted octanol–water partition coefficient (Wildman–Crippen LogP) is 3.44. The van der Waals surface area contributed by atoms with Gasteiger partial charge in [-0.3, -0.25) is 0 Å². The van der Waals surface area contributed by atoms with Crippen molar-refractivity contribution in [3.8, 4) is 0 Å². The van der Waals surface area contributed by atoms with Gasteiger partial charge in [-0.05, 0) is 87.4 Å². The summed E-state index contributed by atoms with van der Waals surface area (Å²) in [6.45, 7) is 14.6. The summed E-state index contributed by atoms with van der Waals surface area (Å²) in [6.07, 6.45) is 7.14. The molecule has 0 unspecified atom stereocenters. The van der Waals surface area contributed by atoms with Gasteiger partial charge in [0.2, 0.25) is 0 Å². The Bertz CT molecular complexity index is 1180. The van der Waals surface area contributed by atoms with E-state index in [2.05, 4.69) is 52.8 Å². The highest BCUT2D eigenvalue weighted by atomic mass is 16.7. The van der Waals surface area contributed by atoms with Crippen molar-refractivity contribution < 1.29 is 44.8 Å². The Balaban J connectivity index is 1.28. The Hall–Kier alpha value is -0.880. The van der Waals surface area contributed by atoms with Gasteiger partial charge in [0.05, 0.1) is 18.3 Å². The van der Waals surface area contributed by atoms with Gasteiger partial charge in [-0.1, -0.05) is 58.9 Å². The van der Waals surface area contributed by atoms with Crippen LogP contribution in [0.3, 0.4) is 0 Å². The first-order valence-electron chi connectivity index (χ1n) is 17.3. The average Bonchev–Trinajstić information content (AvgIpc) is 3.32. The molecule has 0 aromatic rings. The lowest BCUT2D eigenvalue weighted by Crippen LogP contribution is -2.66. The van der Waals surface area contributed by atoms with E-state index in [0.29, 0.717) is 18.3 Å². The molecule has 2 saturated heterocycles. The molecule has 2 heterocycles. The van der Waals surface area contributed by atoms with E-state index in [-0.39, 0.29) is 22.7 Å². The van der Waals surface area contributed by atoms with Crippen molar-refractivity contribution in [1.29, 1.82) is 0 Å². The van der Waals surface area contributed by atoms with Crippen LogP contribution in [0.15, 0.2) is 24.3 Å². The first kappa shape index (κ1) is 34.0. The zero-order valence-corrected chi connectivity index (χ0v) is 28.2. The SMILES string of the molecule is C[C@H](C/C=C/C(C)(C)O)[C@H]1CC[C@@]2(C)[C@@H]3C=C[C@@]45O[C@@H](O)[C@]3(CC[C@]12C)[C@@H]4CC[C@H](O[C@@H]1O[C@H](CO)[C@@H](O)[C@H](O)[C@H]1O)C5(C)C. The molecule has 15 atom stereocenters. The molecule has 3 saturated carbocycles. The smallest absolute Gasteiger partial charge is 0.186 e. The lowest BCUT2D eigenvalue weighted by Gasteiger charge is -2.65. The number of allylic oxidation sites excluding steroid dienone is 2. The van der Waals surface area contributed by atoms with Gasteiger partial charge in [-0.2, -0.15) is 0 Å².